The van der Waals surface area contributed by atoms with Crippen LogP contribution in [0.1, 0.15) is 43.5 Å². The molecule has 2 fully saturated rings. The Balaban J connectivity index is 1.62. The first kappa shape index (κ1) is 12.9. The van der Waals surface area contributed by atoms with Crippen LogP contribution in [0.25, 0.3) is 0 Å². The van der Waals surface area contributed by atoms with Crippen molar-refractivity contribution in [1.29, 1.82) is 0 Å². The van der Waals surface area contributed by atoms with Crippen LogP contribution in [0.3, 0.4) is 0 Å². The summed E-state index contributed by atoms with van der Waals surface area (Å²) in [6.07, 6.45) is 5.46. The maximum Gasteiger partial charge on any atom is 0.0931 e. The number of hydrogen-bond donors (Lipinski definition) is 1. The Bertz CT molecular complexity index is 406. The number of nitrogens with zero attached hydrogens (tertiary/aromatic N) is 1. The molecule has 2 aliphatic heterocycles. The number of nitrogens with one attached hydrogen (secondary N) is 1. The van der Waals surface area contributed by atoms with Gasteiger partial charge in [0.15, 0.2) is 0 Å². The topological polar surface area (TPSA) is 15.3 Å². The highest BCUT2D eigenvalue weighted by Gasteiger charge is 2.35. The van der Waals surface area contributed by atoms with Gasteiger partial charge < -0.3 is 5.32 Å². The van der Waals surface area contributed by atoms with E-state index in [1.54, 1.807) is 11.3 Å². The molecule has 0 amide bonds. The van der Waals surface area contributed by atoms with E-state index < -0.39 is 0 Å². The normalized spacial score (nSPS) is 30.3. The molecule has 3 rings (SSSR count). The fraction of sp³-hybridized carbons (Fsp3) is 0.714. The van der Waals surface area contributed by atoms with E-state index in [1.807, 2.05) is 6.07 Å². The summed E-state index contributed by atoms with van der Waals surface area (Å²) < 4.78 is 0.893. The van der Waals surface area contributed by atoms with Gasteiger partial charge in [-0.2, -0.15) is 0 Å². The third-order valence-electron chi connectivity index (χ3n) is 4.34. The number of thiophene rings is 1. The van der Waals surface area contributed by atoms with E-state index in [1.165, 1.54) is 43.6 Å². The van der Waals surface area contributed by atoms with Gasteiger partial charge >= 0.3 is 0 Å². The molecule has 18 heavy (non-hydrogen) atoms. The largest absolute Gasteiger partial charge is 0.305 e. The maximum atomic E-state index is 6.01. The lowest BCUT2D eigenvalue weighted by atomic mass is 9.98. The fourth-order valence-electron chi connectivity index (χ4n) is 3.41. The molecule has 1 aromatic rings. The highest BCUT2D eigenvalue weighted by atomic mass is 35.5. The Kier molecular flexibility index (Phi) is 3.94. The number of rotatable bonds is 3. The molecule has 0 radical (unpaired) electrons. The zero-order valence-electron chi connectivity index (χ0n) is 10.9. The van der Waals surface area contributed by atoms with Gasteiger partial charge in [-0.3, -0.25) is 4.90 Å². The number of piperidine rings is 1. The van der Waals surface area contributed by atoms with Gasteiger partial charge in [0.05, 0.1) is 4.34 Å². The standard InChI is InChI=1S/C14H21ClN2S/c1-10(13-5-6-14(15)18-13)16-11-7-9-17-8-3-2-4-12(11)17/h5-6,10-12,16H,2-4,7-9H2,1H3. The predicted octanol–water partition coefficient (Wildman–Crippen LogP) is 3.68. The van der Waals surface area contributed by atoms with Crippen LogP contribution in [0, 0.1) is 0 Å². The molecule has 4 heteroatoms. The van der Waals surface area contributed by atoms with Crippen LogP contribution < -0.4 is 5.32 Å². The second-order valence-corrected chi connectivity index (χ2v) is 7.27. The van der Waals surface area contributed by atoms with Gasteiger partial charge in [0.25, 0.3) is 0 Å². The third-order valence-corrected chi connectivity index (χ3v) is 5.75. The molecule has 0 saturated carbocycles. The Hall–Kier alpha value is -0.0900. The van der Waals surface area contributed by atoms with Crippen LogP contribution in [0.5, 0.6) is 0 Å². The van der Waals surface area contributed by atoms with Gasteiger partial charge in [-0.05, 0) is 44.9 Å². The zero-order valence-corrected chi connectivity index (χ0v) is 12.4. The molecule has 0 aromatic carbocycles. The monoisotopic (exact) mass is 284 g/mol. The summed E-state index contributed by atoms with van der Waals surface area (Å²) in [6.45, 7) is 4.84. The summed E-state index contributed by atoms with van der Waals surface area (Å²) in [5.41, 5.74) is 0. The molecular formula is C14H21ClN2S. The quantitative estimate of drug-likeness (QED) is 0.911. The molecule has 2 aliphatic rings. The molecule has 3 atom stereocenters. The smallest absolute Gasteiger partial charge is 0.0931 e. The molecule has 0 aliphatic carbocycles. The summed E-state index contributed by atoms with van der Waals surface area (Å²) >= 11 is 7.71. The van der Waals surface area contributed by atoms with Crippen molar-refractivity contribution in [1.82, 2.24) is 10.2 Å². The second kappa shape index (κ2) is 5.49. The van der Waals surface area contributed by atoms with Gasteiger partial charge in [-0.25, -0.2) is 0 Å². The van der Waals surface area contributed by atoms with Crippen LogP contribution in [0.4, 0.5) is 0 Å². The van der Waals surface area contributed by atoms with Crippen LogP contribution in [-0.2, 0) is 0 Å². The van der Waals surface area contributed by atoms with Gasteiger partial charge in [0, 0.05) is 29.5 Å². The molecule has 1 aromatic heterocycles. The molecule has 3 heterocycles. The molecule has 1 N–H and O–H groups in total. The average molecular weight is 285 g/mol. The highest BCUT2D eigenvalue weighted by Crippen LogP contribution is 2.31. The SMILES string of the molecule is CC(NC1CCN2CCCCC12)c1ccc(Cl)s1. The van der Waals surface area contributed by atoms with Crippen molar-refractivity contribution < 1.29 is 0 Å². The lowest BCUT2D eigenvalue weighted by Crippen LogP contribution is -2.45. The van der Waals surface area contributed by atoms with Gasteiger partial charge in [-0.1, -0.05) is 18.0 Å². The molecule has 0 spiro atoms. The van der Waals surface area contributed by atoms with E-state index >= 15 is 0 Å². The second-order valence-electron chi connectivity index (χ2n) is 5.52. The molecule has 0 bridgehead atoms. The molecule has 3 unspecified atom stereocenters. The molecular weight excluding hydrogens is 264 g/mol. The van der Waals surface area contributed by atoms with E-state index in [2.05, 4.69) is 23.2 Å². The Morgan fingerprint density at radius 3 is 3.00 bits per heavy atom. The molecule has 100 valence electrons. The third kappa shape index (κ3) is 2.60. The van der Waals surface area contributed by atoms with Crippen molar-refractivity contribution in [2.24, 2.45) is 0 Å². The van der Waals surface area contributed by atoms with E-state index in [-0.39, 0.29) is 0 Å². The van der Waals surface area contributed by atoms with Crippen molar-refractivity contribution >= 4 is 22.9 Å². The predicted molar refractivity (Wildman–Crippen MR) is 78.5 cm³/mol. The number of halogens is 1. The van der Waals surface area contributed by atoms with E-state index in [9.17, 15) is 0 Å². The van der Waals surface area contributed by atoms with E-state index in [4.69, 9.17) is 11.6 Å². The van der Waals surface area contributed by atoms with Crippen LogP contribution in [0.15, 0.2) is 12.1 Å². The summed E-state index contributed by atoms with van der Waals surface area (Å²) in [6, 6.07) is 6.02. The minimum absolute atomic E-state index is 0.425. The van der Waals surface area contributed by atoms with Crippen LogP contribution in [-0.4, -0.2) is 30.1 Å². The zero-order chi connectivity index (χ0) is 12.5. The van der Waals surface area contributed by atoms with Crippen LogP contribution in [0.2, 0.25) is 4.34 Å². The first-order valence-electron chi connectivity index (χ1n) is 6.99. The Morgan fingerprint density at radius 2 is 2.22 bits per heavy atom. The Morgan fingerprint density at radius 1 is 1.33 bits per heavy atom. The number of fused-ring (bicyclic) bond motifs is 1. The summed E-state index contributed by atoms with van der Waals surface area (Å²) in [5, 5.41) is 3.82. The lowest BCUT2D eigenvalue weighted by Gasteiger charge is -2.33. The van der Waals surface area contributed by atoms with Gasteiger partial charge in [0.2, 0.25) is 0 Å². The van der Waals surface area contributed by atoms with Crippen molar-refractivity contribution in [3.05, 3.63) is 21.3 Å². The summed E-state index contributed by atoms with van der Waals surface area (Å²) in [7, 11) is 0. The van der Waals surface area contributed by atoms with E-state index in [0.717, 1.165) is 10.4 Å². The maximum absolute atomic E-state index is 6.01. The summed E-state index contributed by atoms with van der Waals surface area (Å²) in [5.74, 6) is 0. The first-order chi connectivity index (χ1) is 8.74. The highest BCUT2D eigenvalue weighted by molar-refractivity contribution is 7.16. The number of hydrogen-bond acceptors (Lipinski definition) is 3. The lowest BCUT2D eigenvalue weighted by molar-refractivity contribution is 0.177. The summed E-state index contributed by atoms with van der Waals surface area (Å²) in [4.78, 5) is 4.03. The van der Waals surface area contributed by atoms with Gasteiger partial charge in [0.1, 0.15) is 0 Å². The molecule has 2 nitrogen and oxygen atoms in total. The molecule has 2 saturated heterocycles. The van der Waals surface area contributed by atoms with Crippen molar-refractivity contribution in [2.45, 2.75) is 50.7 Å². The Labute approximate surface area is 118 Å². The van der Waals surface area contributed by atoms with E-state index in [0.29, 0.717) is 12.1 Å². The average Bonchev–Trinajstić information content (AvgIpc) is 2.97. The fourth-order valence-corrected chi connectivity index (χ4v) is 4.48. The van der Waals surface area contributed by atoms with Crippen molar-refractivity contribution in [2.75, 3.05) is 13.1 Å². The van der Waals surface area contributed by atoms with Gasteiger partial charge in [-0.15, -0.1) is 11.3 Å². The first-order valence-corrected chi connectivity index (χ1v) is 8.19. The van der Waals surface area contributed by atoms with Crippen molar-refractivity contribution in [3.63, 3.8) is 0 Å². The van der Waals surface area contributed by atoms with Crippen LogP contribution >= 0.6 is 22.9 Å². The minimum atomic E-state index is 0.425. The van der Waals surface area contributed by atoms with Crippen molar-refractivity contribution in [3.8, 4) is 0 Å². The minimum Gasteiger partial charge on any atom is -0.305 e.